The summed E-state index contributed by atoms with van der Waals surface area (Å²) in [6.45, 7) is 0. The molecule has 0 amide bonds. The number of thiophene rings is 1. The zero-order chi connectivity index (χ0) is 29.7. The Kier molecular flexibility index (Phi) is 6.00. The van der Waals surface area contributed by atoms with Crippen LogP contribution in [0.1, 0.15) is 0 Å². The number of aromatic nitrogens is 3. The van der Waals surface area contributed by atoms with E-state index in [0.29, 0.717) is 17.5 Å². The van der Waals surface area contributed by atoms with Gasteiger partial charge >= 0.3 is 0 Å². The first-order valence-electron chi connectivity index (χ1n) is 15.0. The Balaban J connectivity index is 1.36. The fourth-order valence-corrected chi connectivity index (χ4v) is 7.73. The summed E-state index contributed by atoms with van der Waals surface area (Å²) in [7, 11) is 0. The highest BCUT2D eigenvalue weighted by Gasteiger charge is 2.20. The first-order valence-corrected chi connectivity index (χ1v) is 15.9. The van der Waals surface area contributed by atoms with E-state index in [4.69, 9.17) is 15.0 Å². The fraction of sp³-hybridized carbons (Fsp3) is 0. The lowest BCUT2D eigenvalue weighted by Gasteiger charge is -2.15. The number of hydrogen-bond acceptors (Lipinski definition) is 4. The van der Waals surface area contributed by atoms with Crippen LogP contribution in [0.25, 0.3) is 87.0 Å². The van der Waals surface area contributed by atoms with Gasteiger partial charge in [0.05, 0.1) is 0 Å². The van der Waals surface area contributed by atoms with Gasteiger partial charge in [-0.05, 0) is 39.4 Å². The van der Waals surface area contributed by atoms with Crippen LogP contribution >= 0.6 is 11.3 Å². The molecule has 9 aromatic rings. The standard InChI is InChI=1S/C41H25N3S/c1-3-14-27(15-4-1)39-42-40(28-16-5-2-6-17-28)44-41(43-39)32-20-10-9-19-31(32)34-25-29-24-23-26-13-7-8-18-30(26)36(29)38-37(34)33-21-11-12-22-35(33)45-38/h1-25H. The molecule has 0 atom stereocenters. The van der Waals surface area contributed by atoms with E-state index in [9.17, 15) is 0 Å². The number of benzene rings is 7. The Hall–Kier alpha value is -5.71. The Bertz CT molecular complexity index is 2480. The Morgan fingerprint density at radius 2 is 0.933 bits per heavy atom. The highest BCUT2D eigenvalue weighted by Crippen LogP contribution is 2.47. The van der Waals surface area contributed by atoms with Gasteiger partial charge in [-0.15, -0.1) is 11.3 Å². The summed E-state index contributed by atoms with van der Waals surface area (Å²) >= 11 is 1.87. The van der Waals surface area contributed by atoms with Gasteiger partial charge in [-0.25, -0.2) is 15.0 Å². The first kappa shape index (κ1) is 25.8. The summed E-state index contributed by atoms with van der Waals surface area (Å²) in [5.74, 6) is 1.97. The van der Waals surface area contributed by atoms with E-state index in [0.717, 1.165) is 22.3 Å². The predicted molar refractivity (Wildman–Crippen MR) is 189 cm³/mol. The van der Waals surface area contributed by atoms with Crippen molar-refractivity contribution in [2.45, 2.75) is 0 Å². The van der Waals surface area contributed by atoms with Crippen LogP contribution in [0.3, 0.4) is 0 Å². The van der Waals surface area contributed by atoms with Gasteiger partial charge in [0, 0.05) is 42.2 Å². The number of hydrogen-bond donors (Lipinski definition) is 0. The van der Waals surface area contributed by atoms with Crippen molar-refractivity contribution < 1.29 is 0 Å². The van der Waals surface area contributed by atoms with E-state index in [-0.39, 0.29) is 0 Å². The van der Waals surface area contributed by atoms with Crippen LogP contribution in [-0.4, -0.2) is 15.0 Å². The monoisotopic (exact) mass is 591 g/mol. The second-order valence-corrected chi connectivity index (χ2v) is 12.2. The van der Waals surface area contributed by atoms with Gasteiger partial charge in [-0.1, -0.05) is 140 Å². The van der Waals surface area contributed by atoms with E-state index in [1.165, 1.54) is 47.3 Å². The van der Waals surface area contributed by atoms with Crippen molar-refractivity contribution in [1.82, 2.24) is 15.0 Å². The molecule has 0 bridgehead atoms. The van der Waals surface area contributed by atoms with Gasteiger partial charge < -0.3 is 0 Å². The summed E-state index contributed by atoms with van der Waals surface area (Å²) in [4.78, 5) is 15.1. The van der Waals surface area contributed by atoms with Crippen LogP contribution in [0.2, 0.25) is 0 Å². The van der Waals surface area contributed by atoms with E-state index >= 15 is 0 Å². The van der Waals surface area contributed by atoms with Crippen LogP contribution in [-0.2, 0) is 0 Å². The molecule has 0 spiro atoms. The highest BCUT2D eigenvalue weighted by molar-refractivity contribution is 7.27. The summed E-state index contributed by atoms with van der Waals surface area (Å²) < 4.78 is 2.59. The topological polar surface area (TPSA) is 38.7 Å². The zero-order valence-corrected chi connectivity index (χ0v) is 25.0. The molecular formula is C41H25N3S. The number of rotatable bonds is 4. The molecule has 2 heterocycles. The molecule has 0 aliphatic carbocycles. The minimum Gasteiger partial charge on any atom is -0.208 e. The van der Waals surface area contributed by atoms with Crippen molar-refractivity contribution in [3.05, 3.63) is 152 Å². The molecule has 0 fully saturated rings. The number of fused-ring (bicyclic) bond motifs is 7. The maximum atomic E-state index is 5.10. The summed E-state index contributed by atoms with van der Waals surface area (Å²) in [5, 5.41) is 7.61. The molecule has 9 rings (SSSR count). The van der Waals surface area contributed by atoms with Gasteiger partial charge in [0.25, 0.3) is 0 Å². The second-order valence-electron chi connectivity index (χ2n) is 11.2. The van der Waals surface area contributed by atoms with Gasteiger partial charge in [0.15, 0.2) is 17.5 Å². The van der Waals surface area contributed by atoms with Crippen LogP contribution in [0.15, 0.2) is 152 Å². The minimum absolute atomic E-state index is 0.657. The Labute approximate surface area is 264 Å². The average molecular weight is 592 g/mol. The van der Waals surface area contributed by atoms with Crippen LogP contribution < -0.4 is 0 Å². The van der Waals surface area contributed by atoms with Crippen molar-refractivity contribution in [3.63, 3.8) is 0 Å². The van der Waals surface area contributed by atoms with Crippen LogP contribution in [0.4, 0.5) is 0 Å². The molecule has 0 saturated heterocycles. The van der Waals surface area contributed by atoms with Crippen molar-refractivity contribution >= 4 is 53.1 Å². The third-order valence-corrected chi connectivity index (χ3v) is 9.70. The second kappa shape index (κ2) is 10.5. The molecular weight excluding hydrogens is 567 g/mol. The Morgan fingerprint density at radius 1 is 0.378 bits per heavy atom. The van der Waals surface area contributed by atoms with Crippen molar-refractivity contribution in [1.29, 1.82) is 0 Å². The maximum Gasteiger partial charge on any atom is 0.164 e. The molecule has 0 aliphatic rings. The lowest BCUT2D eigenvalue weighted by molar-refractivity contribution is 1.07. The molecule has 0 radical (unpaired) electrons. The van der Waals surface area contributed by atoms with E-state index in [1.807, 2.05) is 47.7 Å². The highest BCUT2D eigenvalue weighted by atomic mass is 32.1. The Morgan fingerprint density at radius 3 is 1.67 bits per heavy atom. The van der Waals surface area contributed by atoms with Gasteiger partial charge in [0.2, 0.25) is 0 Å². The molecule has 2 aromatic heterocycles. The lowest BCUT2D eigenvalue weighted by Crippen LogP contribution is -2.01. The molecule has 0 unspecified atom stereocenters. The summed E-state index contributed by atoms with van der Waals surface area (Å²) in [6.07, 6.45) is 0. The summed E-state index contributed by atoms with van der Waals surface area (Å²) in [6, 6.07) is 53.1. The lowest BCUT2D eigenvalue weighted by atomic mass is 9.91. The third-order valence-electron chi connectivity index (χ3n) is 8.51. The van der Waals surface area contributed by atoms with Crippen molar-refractivity contribution in [3.8, 4) is 45.3 Å². The van der Waals surface area contributed by atoms with Crippen molar-refractivity contribution in [2.24, 2.45) is 0 Å². The summed E-state index contributed by atoms with van der Waals surface area (Å²) in [5.41, 5.74) is 5.18. The molecule has 7 aromatic carbocycles. The van der Waals surface area contributed by atoms with Gasteiger partial charge in [-0.3, -0.25) is 0 Å². The van der Waals surface area contributed by atoms with Crippen LogP contribution in [0.5, 0.6) is 0 Å². The van der Waals surface area contributed by atoms with E-state index < -0.39 is 0 Å². The normalized spacial score (nSPS) is 11.6. The van der Waals surface area contributed by atoms with Gasteiger partial charge in [0.1, 0.15) is 0 Å². The molecule has 0 aliphatic heterocycles. The number of nitrogens with zero attached hydrogens (tertiary/aromatic N) is 3. The van der Waals surface area contributed by atoms with Crippen LogP contribution in [0, 0.1) is 0 Å². The molecule has 3 nitrogen and oxygen atoms in total. The molecule has 210 valence electrons. The minimum atomic E-state index is 0.657. The van der Waals surface area contributed by atoms with Crippen molar-refractivity contribution in [2.75, 3.05) is 0 Å². The maximum absolute atomic E-state index is 5.10. The largest absolute Gasteiger partial charge is 0.208 e. The smallest absolute Gasteiger partial charge is 0.164 e. The quantitative estimate of drug-likeness (QED) is 0.191. The molecule has 0 N–H and O–H groups in total. The van der Waals surface area contributed by atoms with Gasteiger partial charge in [-0.2, -0.15) is 0 Å². The van der Waals surface area contributed by atoms with E-state index in [1.54, 1.807) is 0 Å². The van der Waals surface area contributed by atoms with E-state index in [2.05, 4.69) is 115 Å². The first-order chi connectivity index (χ1) is 22.3. The SMILES string of the molecule is c1ccc(-c2nc(-c3ccccc3)nc(-c3ccccc3-c3cc4ccc5ccccc5c4c4sc5ccccc5c34)n2)cc1. The average Bonchev–Trinajstić information content (AvgIpc) is 3.51. The fourth-order valence-electron chi connectivity index (χ4n) is 6.43. The predicted octanol–water partition coefficient (Wildman–Crippen LogP) is 11.2. The molecule has 4 heteroatoms. The zero-order valence-electron chi connectivity index (χ0n) is 24.2. The molecule has 0 saturated carbocycles. The molecule has 45 heavy (non-hydrogen) atoms. The third kappa shape index (κ3) is 4.30.